The van der Waals surface area contributed by atoms with Crippen LogP contribution in [-0.2, 0) is 4.87 Å². The van der Waals surface area contributed by atoms with Crippen LogP contribution in [0.25, 0.3) is 0 Å². The summed E-state index contributed by atoms with van der Waals surface area (Å²) >= 11 is 13.6. The molecule has 0 aromatic heterocycles. The van der Waals surface area contributed by atoms with Crippen molar-refractivity contribution in [2.24, 2.45) is 0 Å². The fraction of sp³-hybridized carbons (Fsp3) is 0.0769. The fourth-order valence-corrected chi connectivity index (χ4v) is 3.83. The lowest BCUT2D eigenvalue weighted by Crippen LogP contribution is -2.22. The predicted molar refractivity (Wildman–Crippen MR) is 121 cm³/mol. The van der Waals surface area contributed by atoms with E-state index in [4.69, 9.17) is 23.2 Å². The zero-order valence-electron chi connectivity index (χ0n) is 15.7. The van der Waals surface area contributed by atoms with Gasteiger partial charge in [-0.25, -0.2) is 0 Å². The van der Waals surface area contributed by atoms with E-state index in [9.17, 15) is 0 Å². The molecule has 0 nitrogen and oxygen atoms in total. The maximum absolute atomic E-state index is 7.14. The lowest BCUT2D eigenvalue weighted by Gasteiger charge is -2.30. The van der Waals surface area contributed by atoms with E-state index in [1.54, 1.807) is 0 Å². The molecule has 0 aliphatic carbocycles. The Balaban J connectivity index is 0.000000271. The second-order valence-electron chi connectivity index (χ2n) is 6.53. The predicted octanol–water partition coefficient (Wildman–Crippen LogP) is 7.87. The van der Waals surface area contributed by atoms with Crippen LogP contribution in [0, 0.1) is 6.92 Å². The molecule has 0 unspecified atom stereocenters. The van der Waals surface area contributed by atoms with Gasteiger partial charge in [0.05, 0.1) is 0 Å². The molecular weight excluding hydrogens is 383 g/mol. The number of hydrogen-bond donors (Lipinski definition) is 0. The van der Waals surface area contributed by atoms with E-state index in [1.807, 2.05) is 103 Å². The highest BCUT2D eigenvalue weighted by atomic mass is 35.5. The third kappa shape index (κ3) is 4.65. The Kier molecular flexibility index (Phi) is 6.92. The van der Waals surface area contributed by atoms with Gasteiger partial charge in [0.2, 0.25) is 0 Å². The minimum absolute atomic E-state index is 0.667. The van der Waals surface area contributed by atoms with Gasteiger partial charge in [-0.3, -0.25) is 0 Å². The minimum atomic E-state index is -0.791. The fourth-order valence-electron chi connectivity index (χ4n) is 3.09. The van der Waals surface area contributed by atoms with Crippen LogP contribution in [0.1, 0.15) is 22.3 Å². The maximum atomic E-state index is 7.14. The molecule has 0 saturated heterocycles. The lowest BCUT2D eigenvalue weighted by molar-refractivity contribution is 0.880. The quantitative estimate of drug-likeness (QED) is 0.240. The van der Waals surface area contributed by atoms with Gasteiger partial charge in [-0.2, -0.15) is 0 Å². The van der Waals surface area contributed by atoms with Gasteiger partial charge in [-0.15, -0.1) is 11.6 Å². The highest BCUT2D eigenvalue weighted by Crippen LogP contribution is 2.45. The molecule has 0 saturated carbocycles. The molecule has 0 spiro atoms. The van der Waals surface area contributed by atoms with Gasteiger partial charge in [-0.05, 0) is 24.1 Å². The molecule has 0 radical (unpaired) electrons. The monoisotopic (exact) mass is 404 g/mol. The number of halogens is 2. The summed E-state index contributed by atoms with van der Waals surface area (Å²) in [7, 11) is 0. The molecule has 28 heavy (non-hydrogen) atoms. The van der Waals surface area contributed by atoms with E-state index in [2.05, 4.69) is 19.1 Å². The SMILES string of the molecule is Cc1ccccc1.Clc1ccccc1C(Cl)(c1ccccc1)c1ccccc1. The Bertz CT molecular complexity index is 941. The highest BCUT2D eigenvalue weighted by Gasteiger charge is 2.35. The number of alkyl halides is 1. The van der Waals surface area contributed by atoms with Crippen molar-refractivity contribution in [1.82, 2.24) is 0 Å². The largest absolute Gasteiger partial charge is 0.121 e. The molecule has 0 fully saturated rings. The average molecular weight is 405 g/mol. The molecule has 4 rings (SSSR count). The number of benzene rings is 4. The third-order valence-electron chi connectivity index (χ3n) is 4.53. The first-order chi connectivity index (χ1) is 13.6. The van der Waals surface area contributed by atoms with Gasteiger partial charge in [0.25, 0.3) is 0 Å². The van der Waals surface area contributed by atoms with Gasteiger partial charge < -0.3 is 0 Å². The average Bonchev–Trinajstić information content (AvgIpc) is 2.76. The van der Waals surface area contributed by atoms with Crippen LogP contribution in [0.2, 0.25) is 5.02 Å². The zero-order valence-corrected chi connectivity index (χ0v) is 17.2. The van der Waals surface area contributed by atoms with Gasteiger partial charge in [0, 0.05) is 10.6 Å². The first kappa shape index (κ1) is 20.2. The lowest BCUT2D eigenvalue weighted by atomic mass is 9.84. The van der Waals surface area contributed by atoms with E-state index in [-0.39, 0.29) is 0 Å². The molecule has 0 heterocycles. The van der Waals surface area contributed by atoms with Crippen LogP contribution in [0.5, 0.6) is 0 Å². The summed E-state index contributed by atoms with van der Waals surface area (Å²) in [5, 5.41) is 0.667. The summed E-state index contributed by atoms with van der Waals surface area (Å²) in [6.07, 6.45) is 0. The third-order valence-corrected chi connectivity index (χ3v) is 5.50. The highest BCUT2D eigenvalue weighted by molar-refractivity contribution is 6.34. The van der Waals surface area contributed by atoms with Crippen molar-refractivity contribution in [2.75, 3.05) is 0 Å². The molecule has 0 bridgehead atoms. The molecule has 0 aliphatic heterocycles. The van der Waals surface area contributed by atoms with Crippen LogP contribution < -0.4 is 0 Å². The molecule has 0 atom stereocenters. The Morgan fingerprint density at radius 2 is 0.929 bits per heavy atom. The summed E-state index contributed by atoms with van der Waals surface area (Å²) in [6.45, 7) is 2.08. The van der Waals surface area contributed by atoms with Crippen molar-refractivity contribution >= 4 is 23.2 Å². The van der Waals surface area contributed by atoms with E-state index < -0.39 is 4.87 Å². The molecular formula is C26H22Cl2. The molecule has 0 aliphatic rings. The van der Waals surface area contributed by atoms with Gasteiger partial charge in [0.1, 0.15) is 4.87 Å². The Morgan fingerprint density at radius 1 is 0.536 bits per heavy atom. The number of aryl methyl sites for hydroxylation is 1. The zero-order chi connectivity index (χ0) is 19.8. The maximum Gasteiger partial charge on any atom is 0.121 e. The summed E-state index contributed by atoms with van der Waals surface area (Å²) in [4.78, 5) is -0.791. The van der Waals surface area contributed by atoms with Crippen LogP contribution in [-0.4, -0.2) is 0 Å². The number of rotatable bonds is 3. The Labute approximate surface area is 177 Å². The van der Waals surface area contributed by atoms with Crippen molar-refractivity contribution < 1.29 is 0 Å². The normalized spacial score (nSPS) is 10.7. The van der Waals surface area contributed by atoms with Gasteiger partial charge >= 0.3 is 0 Å². The topological polar surface area (TPSA) is 0 Å². The van der Waals surface area contributed by atoms with Crippen molar-refractivity contribution in [3.05, 3.63) is 143 Å². The summed E-state index contributed by atoms with van der Waals surface area (Å²) < 4.78 is 0. The van der Waals surface area contributed by atoms with E-state index in [0.717, 1.165) is 16.7 Å². The smallest absolute Gasteiger partial charge is 0.103 e. The van der Waals surface area contributed by atoms with Crippen LogP contribution >= 0.6 is 23.2 Å². The summed E-state index contributed by atoms with van der Waals surface area (Å²) in [5.74, 6) is 0. The van der Waals surface area contributed by atoms with Crippen LogP contribution in [0.4, 0.5) is 0 Å². The standard InChI is InChI=1S/C19H14Cl2.C7H8/c20-18-14-8-7-13-17(18)19(21,15-9-3-1-4-10-15)16-11-5-2-6-12-16;1-7-5-3-2-4-6-7/h1-14H;2-6H,1H3. The second kappa shape index (κ2) is 9.59. The summed E-state index contributed by atoms with van der Waals surface area (Å²) in [5.41, 5.74) is 4.23. The second-order valence-corrected chi connectivity index (χ2v) is 7.50. The minimum Gasteiger partial charge on any atom is -0.103 e. The molecule has 4 aromatic rings. The van der Waals surface area contributed by atoms with Crippen molar-refractivity contribution in [3.63, 3.8) is 0 Å². The molecule has 2 heteroatoms. The van der Waals surface area contributed by atoms with Gasteiger partial charge in [0.15, 0.2) is 0 Å². The van der Waals surface area contributed by atoms with Crippen LogP contribution in [0.3, 0.4) is 0 Å². The van der Waals surface area contributed by atoms with Gasteiger partial charge in [-0.1, -0.05) is 126 Å². The molecule has 0 amide bonds. The van der Waals surface area contributed by atoms with E-state index in [1.165, 1.54) is 5.56 Å². The molecule has 0 N–H and O–H groups in total. The van der Waals surface area contributed by atoms with Crippen molar-refractivity contribution in [3.8, 4) is 0 Å². The Hall–Kier alpha value is -2.54. The van der Waals surface area contributed by atoms with Crippen molar-refractivity contribution in [1.29, 1.82) is 0 Å². The first-order valence-corrected chi connectivity index (χ1v) is 9.94. The molecule has 4 aromatic carbocycles. The number of hydrogen-bond acceptors (Lipinski definition) is 0. The summed E-state index contributed by atoms with van der Waals surface area (Å²) in [6, 6.07) is 38.1. The van der Waals surface area contributed by atoms with E-state index >= 15 is 0 Å². The molecule has 140 valence electrons. The Morgan fingerprint density at radius 3 is 1.32 bits per heavy atom. The van der Waals surface area contributed by atoms with Crippen molar-refractivity contribution in [2.45, 2.75) is 11.8 Å². The first-order valence-electron chi connectivity index (χ1n) is 9.19. The van der Waals surface area contributed by atoms with E-state index in [0.29, 0.717) is 5.02 Å². The van der Waals surface area contributed by atoms with Crippen LogP contribution in [0.15, 0.2) is 115 Å².